The van der Waals surface area contributed by atoms with E-state index in [1.54, 1.807) is 7.11 Å². The van der Waals surface area contributed by atoms with E-state index in [9.17, 15) is 5.11 Å². The largest absolute Gasteiger partial charge is 0.493 e. The van der Waals surface area contributed by atoms with E-state index in [4.69, 9.17) is 9.47 Å². The molecule has 1 heterocycles. The molecular formula is C15H22BrNO3. The highest BCUT2D eigenvalue weighted by Crippen LogP contribution is 2.32. The Bertz CT molecular complexity index is 463. The summed E-state index contributed by atoms with van der Waals surface area (Å²) in [4.78, 5) is 0. The number of benzene rings is 1. The molecule has 1 aromatic carbocycles. The summed E-state index contributed by atoms with van der Waals surface area (Å²) < 4.78 is 11.8. The average Bonchev–Trinajstić information content (AvgIpc) is 2.84. The number of aliphatic hydroxyl groups is 1. The first kappa shape index (κ1) is 15.8. The molecule has 112 valence electrons. The molecular weight excluding hydrogens is 322 g/mol. The van der Waals surface area contributed by atoms with Crippen LogP contribution in [0, 0.1) is 0 Å². The molecule has 1 aliphatic heterocycles. The van der Waals surface area contributed by atoms with E-state index in [-0.39, 0.29) is 0 Å². The van der Waals surface area contributed by atoms with E-state index in [1.165, 1.54) is 5.56 Å². The smallest absolute Gasteiger partial charge is 0.127 e. The van der Waals surface area contributed by atoms with E-state index >= 15 is 0 Å². The van der Waals surface area contributed by atoms with Crippen LogP contribution in [-0.4, -0.2) is 37.6 Å². The summed E-state index contributed by atoms with van der Waals surface area (Å²) in [5, 5.41) is 13.5. The van der Waals surface area contributed by atoms with E-state index in [1.807, 2.05) is 6.92 Å². The van der Waals surface area contributed by atoms with Crippen LogP contribution in [0.1, 0.15) is 24.5 Å². The highest BCUT2D eigenvalue weighted by molar-refractivity contribution is 9.10. The Morgan fingerprint density at radius 3 is 3.05 bits per heavy atom. The summed E-state index contributed by atoms with van der Waals surface area (Å²) in [6.45, 7) is 4.35. The first-order chi connectivity index (χ1) is 9.52. The molecule has 2 N–H and O–H groups in total. The summed E-state index contributed by atoms with van der Waals surface area (Å²) in [6.07, 6.45) is 1.58. The second-order valence-electron chi connectivity index (χ2n) is 5.49. The number of rotatable bonds is 7. The predicted molar refractivity (Wildman–Crippen MR) is 82.2 cm³/mol. The monoisotopic (exact) mass is 343 g/mol. The van der Waals surface area contributed by atoms with Crippen LogP contribution in [0.5, 0.6) is 5.75 Å². The molecule has 0 spiro atoms. The highest BCUT2D eigenvalue weighted by atomic mass is 79.9. The van der Waals surface area contributed by atoms with E-state index in [2.05, 4.69) is 33.4 Å². The van der Waals surface area contributed by atoms with E-state index < -0.39 is 5.60 Å². The molecule has 1 aromatic rings. The summed E-state index contributed by atoms with van der Waals surface area (Å²) in [6, 6.07) is 4.18. The van der Waals surface area contributed by atoms with Crippen molar-refractivity contribution < 1.29 is 14.6 Å². The minimum Gasteiger partial charge on any atom is -0.493 e. The first-order valence-electron chi connectivity index (χ1n) is 6.88. The van der Waals surface area contributed by atoms with Gasteiger partial charge in [-0.15, -0.1) is 0 Å². The third kappa shape index (κ3) is 4.19. The molecule has 0 bridgehead atoms. The van der Waals surface area contributed by atoms with Gasteiger partial charge in [-0.1, -0.05) is 15.9 Å². The Labute approximate surface area is 128 Å². The van der Waals surface area contributed by atoms with Crippen molar-refractivity contribution in [3.8, 4) is 5.75 Å². The molecule has 0 fully saturated rings. The van der Waals surface area contributed by atoms with Crippen molar-refractivity contribution in [2.45, 2.75) is 31.9 Å². The summed E-state index contributed by atoms with van der Waals surface area (Å²) in [5.41, 5.74) is 1.63. The van der Waals surface area contributed by atoms with Gasteiger partial charge in [-0.25, -0.2) is 0 Å². The molecule has 4 nitrogen and oxygen atoms in total. The number of ether oxygens (including phenoxy) is 2. The third-order valence-corrected chi connectivity index (χ3v) is 3.95. The number of nitrogens with one attached hydrogen (secondary N) is 1. The number of fused-ring (bicyclic) bond motifs is 1. The van der Waals surface area contributed by atoms with Gasteiger partial charge in [0.2, 0.25) is 0 Å². The van der Waals surface area contributed by atoms with Crippen molar-refractivity contribution in [1.29, 1.82) is 0 Å². The van der Waals surface area contributed by atoms with Gasteiger partial charge in [0.1, 0.15) is 5.75 Å². The van der Waals surface area contributed by atoms with Gasteiger partial charge in [0.25, 0.3) is 0 Å². The van der Waals surface area contributed by atoms with Crippen LogP contribution in [0.2, 0.25) is 0 Å². The van der Waals surface area contributed by atoms with Gasteiger partial charge in [-0.2, -0.15) is 0 Å². The van der Waals surface area contributed by atoms with Crippen molar-refractivity contribution in [3.63, 3.8) is 0 Å². The second-order valence-corrected chi connectivity index (χ2v) is 6.41. The molecule has 1 unspecified atom stereocenters. The molecule has 0 aromatic heterocycles. The Morgan fingerprint density at radius 2 is 2.30 bits per heavy atom. The van der Waals surface area contributed by atoms with Crippen molar-refractivity contribution in [2.75, 3.05) is 26.9 Å². The van der Waals surface area contributed by atoms with Crippen molar-refractivity contribution >= 4 is 15.9 Å². The fraction of sp³-hybridized carbons (Fsp3) is 0.600. The van der Waals surface area contributed by atoms with Crippen LogP contribution in [0.15, 0.2) is 16.6 Å². The zero-order chi connectivity index (χ0) is 14.6. The highest BCUT2D eigenvalue weighted by Gasteiger charge is 2.21. The van der Waals surface area contributed by atoms with Crippen molar-refractivity contribution in [3.05, 3.63) is 27.7 Å². The van der Waals surface area contributed by atoms with Crippen LogP contribution >= 0.6 is 15.9 Å². The maximum atomic E-state index is 10.2. The maximum Gasteiger partial charge on any atom is 0.127 e. The number of hydrogen-bond donors (Lipinski definition) is 2. The summed E-state index contributed by atoms with van der Waals surface area (Å²) in [7, 11) is 1.64. The zero-order valence-electron chi connectivity index (χ0n) is 12.0. The molecule has 0 saturated heterocycles. The fourth-order valence-corrected chi connectivity index (χ4v) is 2.91. The van der Waals surface area contributed by atoms with Gasteiger partial charge in [-0.3, -0.25) is 0 Å². The Morgan fingerprint density at radius 1 is 1.50 bits per heavy atom. The fourth-order valence-electron chi connectivity index (χ4n) is 2.35. The quantitative estimate of drug-likeness (QED) is 0.797. The van der Waals surface area contributed by atoms with Crippen LogP contribution in [0.25, 0.3) is 0 Å². The number of methoxy groups -OCH3 is 1. The minimum absolute atomic E-state index is 0.525. The van der Waals surface area contributed by atoms with Crippen molar-refractivity contribution in [1.82, 2.24) is 5.32 Å². The lowest BCUT2D eigenvalue weighted by Crippen LogP contribution is -2.38. The average molecular weight is 344 g/mol. The number of hydrogen-bond acceptors (Lipinski definition) is 4. The van der Waals surface area contributed by atoms with Crippen LogP contribution in [0.3, 0.4) is 0 Å². The predicted octanol–water partition coefficient (Wildman–Crippen LogP) is 2.26. The molecule has 1 aliphatic rings. The van der Waals surface area contributed by atoms with Gasteiger partial charge in [0.05, 0.1) is 12.2 Å². The van der Waals surface area contributed by atoms with Gasteiger partial charge in [-0.05, 0) is 24.6 Å². The molecule has 0 amide bonds. The van der Waals surface area contributed by atoms with Gasteiger partial charge >= 0.3 is 0 Å². The van der Waals surface area contributed by atoms with Crippen LogP contribution in [0.4, 0.5) is 0 Å². The van der Waals surface area contributed by atoms with Gasteiger partial charge in [0, 0.05) is 49.7 Å². The SMILES string of the molecule is COCCC(C)(O)CNCc1cc(Br)cc2c1OCC2. The van der Waals surface area contributed by atoms with Gasteiger partial charge < -0.3 is 19.9 Å². The summed E-state index contributed by atoms with van der Waals surface area (Å²) in [5.74, 6) is 0.997. The van der Waals surface area contributed by atoms with E-state index in [0.717, 1.165) is 28.8 Å². The molecule has 2 rings (SSSR count). The Hall–Kier alpha value is -0.620. The third-order valence-electron chi connectivity index (χ3n) is 3.49. The molecule has 5 heteroatoms. The Kier molecular flexibility index (Phi) is 5.43. The lowest BCUT2D eigenvalue weighted by Gasteiger charge is -2.23. The molecule has 1 atom stereocenters. The lowest BCUT2D eigenvalue weighted by molar-refractivity contribution is 0.0247. The van der Waals surface area contributed by atoms with E-state index in [0.29, 0.717) is 26.1 Å². The first-order valence-corrected chi connectivity index (χ1v) is 7.67. The van der Waals surface area contributed by atoms with Crippen LogP contribution < -0.4 is 10.1 Å². The molecule has 0 saturated carbocycles. The summed E-state index contributed by atoms with van der Waals surface area (Å²) >= 11 is 3.53. The van der Waals surface area contributed by atoms with Crippen LogP contribution in [-0.2, 0) is 17.7 Å². The Balaban J connectivity index is 1.92. The number of halogens is 1. The zero-order valence-corrected chi connectivity index (χ0v) is 13.6. The second kappa shape index (κ2) is 6.89. The maximum absolute atomic E-state index is 10.2. The lowest BCUT2D eigenvalue weighted by atomic mass is 10.0. The molecule has 0 radical (unpaired) electrons. The normalized spacial score (nSPS) is 16.6. The van der Waals surface area contributed by atoms with Crippen molar-refractivity contribution in [2.24, 2.45) is 0 Å². The standard InChI is InChI=1S/C15H22BrNO3/c1-15(18,4-6-19-2)10-17-9-12-8-13(16)7-11-3-5-20-14(11)12/h7-8,17-18H,3-6,9-10H2,1-2H3. The molecule has 0 aliphatic carbocycles. The molecule has 20 heavy (non-hydrogen) atoms. The topological polar surface area (TPSA) is 50.7 Å². The van der Waals surface area contributed by atoms with Gasteiger partial charge in [0.15, 0.2) is 0 Å². The minimum atomic E-state index is -0.758.